The average Bonchev–Trinajstić information content (AvgIpc) is 3.01. The van der Waals surface area contributed by atoms with Crippen LogP contribution in [-0.2, 0) is 0 Å². The molecule has 0 saturated heterocycles. The number of nitrogens with zero attached hydrogens (tertiary/aromatic N) is 2. The van der Waals surface area contributed by atoms with Crippen LogP contribution in [0, 0.1) is 10.1 Å². The number of carbonyl (C=O) groups is 1. The van der Waals surface area contributed by atoms with Gasteiger partial charge < -0.3 is 10.2 Å². The number of benzene rings is 1. The van der Waals surface area contributed by atoms with E-state index in [-0.39, 0.29) is 11.7 Å². The molecule has 116 valence electrons. The summed E-state index contributed by atoms with van der Waals surface area (Å²) in [7, 11) is 3.94. The minimum Gasteiger partial charge on any atom is -0.378 e. The lowest BCUT2D eigenvalue weighted by molar-refractivity contribution is -0.384. The Morgan fingerprint density at radius 1 is 1.41 bits per heavy atom. The van der Waals surface area contributed by atoms with Crippen molar-refractivity contribution in [1.29, 1.82) is 0 Å². The van der Waals surface area contributed by atoms with Crippen LogP contribution in [0.25, 0.3) is 0 Å². The smallest absolute Gasteiger partial charge is 0.293 e. The van der Waals surface area contributed by atoms with Crippen LogP contribution >= 0.6 is 11.3 Å². The van der Waals surface area contributed by atoms with Crippen molar-refractivity contribution in [3.05, 3.63) is 56.3 Å². The summed E-state index contributed by atoms with van der Waals surface area (Å²) in [4.78, 5) is 24.7. The van der Waals surface area contributed by atoms with Crippen LogP contribution in [0.2, 0.25) is 0 Å². The Bertz CT molecular complexity index is 656. The molecule has 1 aromatic carbocycles. The van der Waals surface area contributed by atoms with Crippen LogP contribution < -0.4 is 5.32 Å². The molecule has 0 aliphatic rings. The molecule has 7 heteroatoms. The highest BCUT2D eigenvalue weighted by molar-refractivity contribution is 7.10. The fourth-order valence-electron chi connectivity index (χ4n) is 2.15. The molecule has 0 aliphatic carbocycles. The zero-order chi connectivity index (χ0) is 16.1. The van der Waals surface area contributed by atoms with Crippen LogP contribution in [0.3, 0.4) is 0 Å². The molecule has 0 bridgehead atoms. The zero-order valence-corrected chi connectivity index (χ0v) is 13.2. The second-order valence-corrected chi connectivity index (χ2v) is 6.01. The number of nitrogens with one attached hydrogen (secondary N) is 1. The first-order valence-electron chi connectivity index (χ1n) is 6.70. The van der Waals surface area contributed by atoms with Crippen molar-refractivity contribution in [2.75, 3.05) is 26.0 Å². The summed E-state index contributed by atoms with van der Waals surface area (Å²) in [6, 6.07) is 8.57. The van der Waals surface area contributed by atoms with Crippen molar-refractivity contribution in [2.24, 2.45) is 0 Å². The molecule has 1 aromatic heterocycles. The Morgan fingerprint density at radius 3 is 2.73 bits per heavy atom. The van der Waals surface area contributed by atoms with Gasteiger partial charge in [0.2, 0.25) is 0 Å². The SMILES string of the molecule is CN(C)[C@H](CNc1ccc(C=O)cc1[N+](=O)[O-])c1cccs1. The third kappa shape index (κ3) is 3.69. The van der Waals surface area contributed by atoms with Gasteiger partial charge >= 0.3 is 0 Å². The Balaban J connectivity index is 2.19. The van der Waals surface area contributed by atoms with E-state index in [1.807, 2.05) is 31.6 Å². The highest BCUT2D eigenvalue weighted by Crippen LogP contribution is 2.28. The molecule has 1 heterocycles. The first kappa shape index (κ1) is 16.1. The quantitative estimate of drug-likeness (QED) is 0.482. The fourth-order valence-corrected chi connectivity index (χ4v) is 3.07. The molecule has 6 nitrogen and oxygen atoms in total. The largest absolute Gasteiger partial charge is 0.378 e. The lowest BCUT2D eigenvalue weighted by Gasteiger charge is -2.24. The van der Waals surface area contributed by atoms with Gasteiger partial charge in [0.05, 0.1) is 11.0 Å². The molecule has 0 aliphatic heterocycles. The van der Waals surface area contributed by atoms with E-state index in [1.165, 1.54) is 10.9 Å². The monoisotopic (exact) mass is 319 g/mol. The lowest BCUT2D eigenvalue weighted by Crippen LogP contribution is -2.26. The second-order valence-electron chi connectivity index (χ2n) is 5.03. The molecule has 1 N–H and O–H groups in total. The van der Waals surface area contributed by atoms with Crippen LogP contribution in [-0.4, -0.2) is 36.7 Å². The van der Waals surface area contributed by atoms with Gasteiger partial charge in [0.15, 0.2) is 0 Å². The Hall–Kier alpha value is -2.25. The van der Waals surface area contributed by atoms with Gasteiger partial charge in [0.25, 0.3) is 5.69 Å². The molecule has 0 unspecified atom stereocenters. The van der Waals surface area contributed by atoms with Gasteiger partial charge in [-0.25, -0.2) is 0 Å². The number of nitro benzene ring substituents is 1. The fraction of sp³-hybridized carbons (Fsp3) is 0.267. The molecule has 0 amide bonds. The van der Waals surface area contributed by atoms with Crippen LogP contribution in [0.1, 0.15) is 21.3 Å². The first-order valence-corrected chi connectivity index (χ1v) is 7.58. The standard InChI is InChI=1S/C15H17N3O3S/c1-17(2)14(15-4-3-7-22-15)9-16-12-6-5-11(10-19)8-13(12)18(20)21/h3-8,10,14,16H,9H2,1-2H3/t14-/m1/s1. The first-order chi connectivity index (χ1) is 10.5. The molecule has 0 radical (unpaired) electrons. The van der Waals surface area contributed by atoms with Gasteiger partial charge in [-0.05, 0) is 37.7 Å². The van der Waals surface area contributed by atoms with Gasteiger partial charge in [0.1, 0.15) is 12.0 Å². The Morgan fingerprint density at radius 2 is 2.18 bits per heavy atom. The maximum Gasteiger partial charge on any atom is 0.293 e. The zero-order valence-electron chi connectivity index (χ0n) is 12.4. The molecule has 0 fully saturated rings. The van der Waals surface area contributed by atoms with Crippen molar-refractivity contribution < 1.29 is 9.72 Å². The summed E-state index contributed by atoms with van der Waals surface area (Å²) in [6.07, 6.45) is 0.602. The molecule has 2 rings (SSSR count). The van der Waals surface area contributed by atoms with Gasteiger partial charge in [-0.2, -0.15) is 0 Å². The molecule has 2 aromatic rings. The Labute approximate surface area is 132 Å². The average molecular weight is 319 g/mol. The number of hydrogen-bond donors (Lipinski definition) is 1. The predicted octanol–water partition coefficient (Wildman–Crippen LogP) is 3.18. The van der Waals surface area contributed by atoms with E-state index in [0.717, 1.165) is 0 Å². The van der Waals surface area contributed by atoms with Crippen LogP contribution in [0.4, 0.5) is 11.4 Å². The lowest BCUT2D eigenvalue weighted by atomic mass is 10.1. The van der Waals surface area contributed by atoms with E-state index < -0.39 is 4.92 Å². The number of thiophene rings is 1. The number of nitro groups is 1. The van der Waals surface area contributed by atoms with Crippen LogP contribution in [0.5, 0.6) is 0 Å². The number of carbonyl (C=O) groups excluding carboxylic acids is 1. The van der Waals surface area contributed by atoms with Crippen molar-refractivity contribution in [3.8, 4) is 0 Å². The van der Waals surface area contributed by atoms with Crippen molar-refractivity contribution in [2.45, 2.75) is 6.04 Å². The number of hydrogen-bond acceptors (Lipinski definition) is 6. The van der Waals surface area contributed by atoms with E-state index in [1.54, 1.807) is 23.5 Å². The highest BCUT2D eigenvalue weighted by Gasteiger charge is 2.18. The minimum absolute atomic E-state index is 0.0896. The van der Waals surface area contributed by atoms with Gasteiger partial charge in [-0.3, -0.25) is 14.9 Å². The maximum atomic E-state index is 11.1. The summed E-state index contributed by atoms with van der Waals surface area (Å²) < 4.78 is 0. The summed E-state index contributed by atoms with van der Waals surface area (Å²) in [5, 5.41) is 16.3. The minimum atomic E-state index is -0.481. The molecule has 22 heavy (non-hydrogen) atoms. The molecule has 0 saturated carbocycles. The normalized spacial score (nSPS) is 12.1. The molecule has 0 spiro atoms. The van der Waals surface area contributed by atoms with Gasteiger partial charge in [-0.1, -0.05) is 6.07 Å². The number of aldehydes is 1. The Kier molecular flexibility index (Phi) is 5.24. The van der Waals surface area contributed by atoms with Crippen molar-refractivity contribution in [1.82, 2.24) is 4.90 Å². The van der Waals surface area contributed by atoms with Crippen molar-refractivity contribution >= 4 is 29.0 Å². The van der Waals surface area contributed by atoms with Crippen molar-refractivity contribution in [3.63, 3.8) is 0 Å². The third-order valence-corrected chi connectivity index (χ3v) is 4.31. The highest BCUT2D eigenvalue weighted by atomic mass is 32.1. The van der Waals surface area contributed by atoms with E-state index in [0.29, 0.717) is 24.1 Å². The van der Waals surface area contributed by atoms with Gasteiger partial charge in [0, 0.05) is 23.1 Å². The van der Waals surface area contributed by atoms with E-state index in [9.17, 15) is 14.9 Å². The van der Waals surface area contributed by atoms with E-state index in [2.05, 4.69) is 10.2 Å². The topological polar surface area (TPSA) is 75.5 Å². The molecule has 1 atom stereocenters. The summed E-state index contributed by atoms with van der Waals surface area (Å²) in [6.45, 7) is 0.536. The van der Waals surface area contributed by atoms with E-state index in [4.69, 9.17) is 0 Å². The third-order valence-electron chi connectivity index (χ3n) is 3.34. The van der Waals surface area contributed by atoms with E-state index >= 15 is 0 Å². The second kappa shape index (κ2) is 7.15. The predicted molar refractivity (Wildman–Crippen MR) is 87.7 cm³/mol. The summed E-state index contributed by atoms with van der Waals surface area (Å²) in [5.74, 6) is 0. The summed E-state index contributed by atoms with van der Waals surface area (Å²) in [5.41, 5.74) is 0.618. The maximum absolute atomic E-state index is 11.1. The molecular formula is C15H17N3O3S. The number of likely N-dealkylation sites (N-methyl/N-ethyl adjacent to an activating group) is 1. The van der Waals surface area contributed by atoms with Gasteiger partial charge in [-0.15, -0.1) is 11.3 Å². The van der Waals surface area contributed by atoms with Crippen LogP contribution in [0.15, 0.2) is 35.7 Å². The summed E-state index contributed by atoms with van der Waals surface area (Å²) >= 11 is 1.65. The number of rotatable bonds is 7. The molecular weight excluding hydrogens is 302 g/mol. The number of anilines is 1.